The number of urea groups is 1. The van der Waals surface area contributed by atoms with E-state index >= 15 is 0 Å². The maximum absolute atomic E-state index is 12.7. The summed E-state index contributed by atoms with van der Waals surface area (Å²) in [5.41, 5.74) is 4.90. The molecule has 0 aliphatic rings. The molecular formula is C12H11N5O5S. The van der Waals surface area contributed by atoms with Crippen LogP contribution in [0.2, 0.25) is 0 Å². The van der Waals surface area contributed by atoms with Crippen LogP contribution in [0.5, 0.6) is 0 Å². The lowest BCUT2D eigenvalue weighted by molar-refractivity contribution is 0.0692. The fourth-order valence-electron chi connectivity index (χ4n) is 1.75. The smallest absolute Gasteiger partial charge is 0.337 e. The van der Waals surface area contributed by atoms with E-state index < -0.39 is 38.4 Å². The Bertz CT molecular complexity index is 883. The van der Waals surface area contributed by atoms with Crippen molar-refractivity contribution in [3.63, 3.8) is 0 Å². The van der Waals surface area contributed by atoms with Gasteiger partial charge in [-0.05, 0) is 19.1 Å². The summed E-state index contributed by atoms with van der Waals surface area (Å²) in [4.78, 5) is 26.0. The quantitative estimate of drug-likeness (QED) is 0.798. The van der Waals surface area contributed by atoms with Gasteiger partial charge in [-0.3, -0.25) is 0 Å². The average Bonchev–Trinajstić information content (AvgIpc) is 2.46. The summed E-state index contributed by atoms with van der Waals surface area (Å²) in [6.45, 7) is 1.51. The van der Waals surface area contributed by atoms with Crippen molar-refractivity contribution in [2.45, 2.75) is 11.8 Å². The molecule has 1 aromatic carbocycles. The second-order valence-corrected chi connectivity index (χ2v) is 6.06. The van der Waals surface area contributed by atoms with Gasteiger partial charge in [-0.25, -0.2) is 23.0 Å². The first-order valence-corrected chi connectivity index (χ1v) is 7.52. The highest BCUT2D eigenvalue weighted by Crippen LogP contribution is 2.23. The first kappa shape index (κ1) is 16.3. The summed E-state index contributed by atoms with van der Waals surface area (Å²) in [5, 5.41) is 16.1. The Hall–Kier alpha value is -3.08. The lowest BCUT2D eigenvalue weighted by Gasteiger charge is -2.18. The minimum atomic E-state index is -4.63. The van der Waals surface area contributed by atoms with Crippen LogP contribution in [-0.2, 0) is 10.0 Å². The van der Waals surface area contributed by atoms with Crippen molar-refractivity contribution >= 4 is 28.0 Å². The number of carboxylic acids is 1. The van der Waals surface area contributed by atoms with E-state index in [0.29, 0.717) is 5.69 Å². The number of amides is 2. The summed E-state index contributed by atoms with van der Waals surface area (Å²) in [6, 6.07) is 3.40. The molecule has 0 fully saturated rings. The zero-order valence-electron chi connectivity index (χ0n) is 11.7. The van der Waals surface area contributed by atoms with Gasteiger partial charge in [0.1, 0.15) is 4.90 Å². The third kappa shape index (κ3) is 3.08. The summed E-state index contributed by atoms with van der Waals surface area (Å²) >= 11 is 0. The number of nitrogens with two attached hydrogens (primary N) is 1. The number of nitrogens with zero attached hydrogens (tertiary/aromatic N) is 4. The Balaban J connectivity index is 2.69. The number of carbonyl (C=O) groups excluding carboxylic acids is 1. The topological polar surface area (TPSA) is 156 Å². The number of sulfonamides is 1. The zero-order valence-corrected chi connectivity index (χ0v) is 12.6. The van der Waals surface area contributed by atoms with E-state index in [1.165, 1.54) is 25.3 Å². The van der Waals surface area contributed by atoms with Crippen molar-refractivity contribution in [2.75, 3.05) is 4.31 Å². The predicted octanol–water partition coefficient (Wildman–Crippen LogP) is 0.152. The lowest BCUT2D eigenvalue weighted by atomic mass is 10.2. The molecule has 2 rings (SSSR count). The van der Waals surface area contributed by atoms with Gasteiger partial charge in [0.25, 0.3) is 16.0 Å². The average molecular weight is 337 g/mol. The van der Waals surface area contributed by atoms with Crippen LogP contribution in [0, 0.1) is 6.92 Å². The maximum atomic E-state index is 12.7. The van der Waals surface area contributed by atoms with Crippen molar-refractivity contribution in [3.8, 4) is 0 Å². The Labute approximate surface area is 130 Å². The van der Waals surface area contributed by atoms with Crippen LogP contribution in [-0.4, -0.2) is 40.7 Å². The van der Waals surface area contributed by atoms with Gasteiger partial charge in [0.05, 0.1) is 17.5 Å². The summed E-state index contributed by atoms with van der Waals surface area (Å²) < 4.78 is 25.4. The molecule has 0 atom stereocenters. The molecule has 3 N–H and O–H groups in total. The van der Waals surface area contributed by atoms with E-state index in [9.17, 15) is 18.0 Å². The molecule has 1 aromatic heterocycles. The van der Waals surface area contributed by atoms with Gasteiger partial charge in [0, 0.05) is 0 Å². The molecule has 0 saturated carbocycles. The van der Waals surface area contributed by atoms with Crippen LogP contribution in [0.1, 0.15) is 16.1 Å². The molecule has 120 valence electrons. The molecule has 0 saturated heterocycles. The first-order valence-electron chi connectivity index (χ1n) is 6.08. The second kappa shape index (κ2) is 5.96. The Kier molecular flexibility index (Phi) is 4.22. The molecule has 1 heterocycles. The minimum absolute atomic E-state index is 0.106. The minimum Gasteiger partial charge on any atom is -0.478 e. The highest BCUT2D eigenvalue weighted by Gasteiger charge is 2.35. The molecule has 0 aliphatic heterocycles. The first-order chi connectivity index (χ1) is 10.7. The molecule has 0 unspecified atom stereocenters. The monoisotopic (exact) mass is 337 g/mol. The van der Waals surface area contributed by atoms with E-state index in [1.54, 1.807) is 0 Å². The number of aryl methyl sites for hydroxylation is 1. The summed E-state index contributed by atoms with van der Waals surface area (Å²) in [7, 11) is -4.63. The van der Waals surface area contributed by atoms with Gasteiger partial charge in [-0.1, -0.05) is 12.1 Å². The highest BCUT2D eigenvalue weighted by molar-refractivity contribution is 7.93. The van der Waals surface area contributed by atoms with Gasteiger partial charge in [0.2, 0.25) is 0 Å². The molecule has 2 aromatic rings. The van der Waals surface area contributed by atoms with E-state index in [2.05, 4.69) is 15.2 Å². The number of primary amides is 1. The molecule has 2 amide bonds. The van der Waals surface area contributed by atoms with E-state index in [1.807, 2.05) is 0 Å². The molecule has 23 heavy (non-hydrogen) atoms. The Morgan fingerprint density at radius 2 is 1.91 bits per heavy atom. The van der Waals surface area contributed by atoms with Gasteiger partial charge in [-0.15, -0.1) is 9.40 Å². The van der Waals surface area contributed by atoms with Crippen molar-refractivity contribution in [3.05, 3.63) is 41.7 Å². The summed E-state index contributed by atoms with van der Waals surface area (Å²) in [6.07, 6.45) is 1.25. The highest BCUT2D eigenvalue weighted by atomic mass is 32.2. The zero-order chi connectivity index (χ0) is 17.2. The summed E-state index contributed by atoms with van der Waals surface area (Å²) in [5.74, 6) is -2.05. The number of aromatic nitrogens is 3. The van der Waals surface area contributed by atoms with Crippen LogP contribution in [0.15, 0.2) is 35.4 Å². The van der Waals surface area contributed by atoms with Crippen LogP contribution < -0.4 is 10.0 Å². The fraction of sp³-hybridized carbons (Fsp3) is 0.0833. The van der Waals surface area contributed by atoms with Gasteiger partial charge in [0.15, 0.2) is 0 Å². The van der Waals surface area contributed by atoms with Crippen molar-refractivity contribution in [1.82, 2.24) is 15.2 Å². The van der Waals surface area contributed by atoms with Crippen LogP contribution >= 0.6 is 0 Å². The number of anilines is 1. The number of aromatic carboxylic acids is 1. The largest absolute Gasteiger partial charge is 0.478 e. The van der Waals surface area contributed by atoms with E-state index in [4.69, 9.17) is 10.8 Å². The standard InChI is InChI=1S/C12H11N5O5S/c1-7-6-14-16-12(15-7)17(11(13)20)23(21,22)9-5-3-2-4-8(9)10(18)19/h2-6H,1H3,(H2,13,20)(H,18,19). The van der Waals surface area contributed by atoms with Crippen molar-refractivity contribution < 1.29 is 23.1 Å². The van der Waals surface area contributed by atoms with Crippen LogP contribution in [0.25, 0.3) is 0 Å². The second-order valence-electron chi connectivity index (χ2n) is 4.31. The molecular weight excluding hydrogens is 326 g/mol. The molecule has 11 heteroatoms. The normalized spacial score (nSPS) is 11.0. The number of carboxylic acid groups (broad SMARTS) is 1. The maximum Gasteiger partial charge on any atom is 0.337 e. The van der Waals surface area contributed by atoms with Gasteiger partial charge >= 0.3 is 12.0 Å². The van der Waals surface area contributed by atoms with E-state index in [0.717, 1.165) is 12.1 Å². The number of carbonyl (C=O) groups is 2. The van der Waals surface area contributed by atoms with Crippen LogP contribution in [0.4, 0.5) is 10.7 Å². The van der Waals surface area contributed by atoms with Crippen LogP contribution in [0.3, 0.4) is 0 Å². The third-order valence-electron chi connectivity index (χ3n) is 2.69. The fourth-order valence-corrected chi connectivity index (χ4v) is 3.16. The van der Waals surface area contributed by atoms with Gasteiger partial charge < -0.3 is 10.8 Å². The Morgan fingerprint density at radius 3 is 2.48 bits per heavy atom. The molecule has 0 aliphatic carbocycles. The molecule has 0 bridgehead atoms. The van der Waals surface area contributed by atoms with Crippen molar-refractivity contribution in [2.24, 2.45) is 5.73 Å². The number of benzene rings is 1. The molecule has 0 spiro atoms. The molecule has 10 nitrogen and oxygen atoms in total. The van der Waals surface area contributed by atoms with Crippen molar-refractivity contribution in [1.29, 1.82) is 0 Å². The lowest BCUT2D eigenvalue weighted by Crippen LogP contribution is -2.42. The third-order valence-corrected chi connectivity index (χ3v) is 4.42. The SMILES string of the molecule is Cc1cnnc(N(C(N)=O)S(=O)(=O)c2ccccc2C(=O)O)n1. The number of hydrogen-bond acceptors (Lipinski definition) is 7. The molecule has 0 radical (unpaired) electrons. The van der Waals surface area contributed by atoms with E-state index in [-0.39, 0.29) is 4.31 Å². The van der Waals surface area contributed by atoms with Gasteiger partial charge in [-0.2, -0.15) is 5.10 Å². The Morgan fingerprint density at radius 1 is 1.26 bits per heavy atom. The number of hydrogen-bond donors (Lipinski definition) is 2. The number of rotatable bonds is 4. The predicted molar refractivity (Wildman–Crippen MR) is 77.2 cm³/mol.